The summed E-state index contributed by atoms with van der Waals surface area (Å²) in [7, 11) is 1.80. The van der Waals surface area contributed by atoms with Crippen molar-refractivity contribution in [3.63, 3.8) is 0 Å². The van der Waals surface area contributed by atoms with Crippen LogP contribution in [-0.2, 0) is 19.0 Å². The molecular weight excluding hydrogens is 410 g/mol. The van der Waals surface area contributed by atoms with E-state index in [-0.39, 0.29) is 15.5 Å². The molecule has 29 heavy (non-hydrogen) atoms. The Bertz CT molecular complexity index is 1110. The second-order valence-electron chi connectivity index (χ2n) is 6.80. The van der Waals surface area contributed by atoms with Crippen molar-refractivity contribution in [3.05, 3.63) is 76.8 Å². The van der Waals surface area contributed by atoms with Gasteiger partial charge in [0.05, 0.1) is 22.7 Å². The molecule has 3 aromatic rings. The molecule has 4 nitrogen and oxygen atoms in total. The zero-order valence-corrected chi connectivity index (χ0v) is 15.8. The van der Waals surface area contributed by atoms with Gasteiger partial charge in [0.2, 0.25) is 0 Å². The SMILES string of the molecule is Cn1ccc(-c2cnc(C(F)(F)CN3C(=O)c4ccccc4C3(F)F)c(Cl)c2)c1. The number of halogens is 5. The molecule has 0 aliphatic carbocycles. The molecule has 0 saturated carbocycles. The van der Waals surface area contributed by atoms with Crippen molar-refractivity contribution >= 4 is 17.5 Å². The van der Waals surface area contributed by atoms with Gasteiger partial charge in [-0.15, -0.1) is 0 Å². The molecule has 2 aromatic heterocycles. The molecule has 1 aromatic carbocycles. The van der Waals surface area contributed by atoms with E-state index in [1.54, 1.807) is 30.1 Å². The molecule has 0 fully saturated rings. The largest absolute Gasteiger partial charge is 0.357 e. The molecule has 4 rings (SSSR count). The molecule has 0 radical (unpaired) electrons. The predicted molar refractivity (Wildman–Crippen MR) is 98.9 cm³/mol. The molecule has 9 heteroatoms. The van der Waals surface area contributed by atoms with E-state index in [4.69, 9.17) is 11.6 Å². The van der Waals surface area contributed by atoms with Crippen molar-refractivity contribution in [1.29, 1.82) is 0 Å². The zero-order valence-electron chi connectivity index (χ0n) is 15.0. The third kappa shape index (κ3) is 3.17. The smallest absolute Gasteiger partial charge is 0.356 e. The van der Waals surface area contributed by atoms with Crippen molar-refractivity contribution in [3.8, 4) is 11.1 Å². The van der Waals surface area contributed by atoms with Crippen LogP contribution in [0.1, 0.15) is 21.6 Å². The van der Waals surface area contributed by atoms with Gasteiger partial charge in [0, 0.05) is 36.8 Å². The second-order valence-corrected chi connectivity index (χ2v) is 7.21. The number of carbonyl (C=O) groups is 1. The Hall–Kier alpha value is -2.87. The number of aryl methyl sites for hydroxylation is 1. The highest BCUT2D eigenvalue weighted by molar-refractivity contribution is 6.31. The summed E-state index contributed by atoms with van der Waals surface area (Å²) in [4.78, 5) is 15.9. The molecule has 0 N–H and O–H groups in total. The van der Waals surface area contributed by atoms with Crippen LogP contribution in [0.25, 0.3) is 11.1 Å². The van der Waals surface area contributed by atoms with Gasteiger partial charge in [-0.2, -0.15) is 17.6 Å². The van der Waals surface area contributed by atoms with Crippen LogP contribution in [0.3, 0.4) is 0 Å². The average Bonchev–Trinajstić information content (AvgIpc) is 3.18. The first-order valence-electron chi connectivity index (χ1n) is 8.57. The van der Waals surface area contributed by atoms with Gasteiger partial charge in [0.25, 0.3) is 5.91 Å². The van der Waals surface area contributed by atoms with E-state index >= 15 is 0 Å². The quantitative estimate of drug-likeness (QED) is 0.435. The summed E-state index contributed by atoms with van der Waals surface area (Å²) in [5.74, 6) is -5.05. The second kappa shape index (κ2) is 6.59. The number of alkyl halides is 4. The van der Waals surface area contributed by atoms with Gasteiger partial charge in [-0.3, -0.25) is 14.7 Å². The summed E-state index contributed by atoms with van der Waals surface area (Å²) in [6, 6.07) is 4.15. The van der Waals surface area contributed by atoms with Crippen LogP contribution < -0.4 is 0 Å². The molecule has 0 saturated heterocycles. The Balaban J connectivity index is 1.65. The van der Waals surface area contributed by atoms with E-state index in [0.29, 0.717) is 11.1 Å². The number of pyridine rings is 1. The van der Waals surface area contributed by atoms with Crippen LogP contribution in [-0.4, -0.2) is 26.9 Å². The minimum Gasteiger partial charge on any atom is -0.357 e. The number of hydrogen-bond donors (Lipinski definition) is 0. The lowest BCUT2D eigenvalue weighted by molar-refractivity contribution is -0.157. The highest BCUT2D eigenvalue weighted by Gasteiger charge is 2.55. The first-order chi connectivity index (χ1) is 13.6. The molecule has 0 bridgehead atoms. The first-order valence-corrected chi connectivity index (χ1v) is 8.94. The molecule has 3 heterocycles. The van der Waals surface area contributed by atoms with Crippen LogP contribution in [0.4, 0.5) is 17.6 Å². The van der Waals surface area contributed by atoms with Gasteiger partial charge >= 0.3 is 12.0 Å². The lowest BCUT2D eigenvalue weighted by atomic mass is 10.1. The summed E-state index contributed by atoms with van der Waals surface area (Å²) >= 11 is 6.01. The molecule has 1 aliphatic heterocycles. The third-order valence-electron chi connectivity index (χ3n) is 4.78. The Labute approximate surface area is 168 Å². The molecule has 1 amide bonds. The summed E-state index contributed by atoms with van der Waals surface area (Å²) in [5.41, 5.74) is -0.539. The van der Waals surface area contributed by atoms with Crippen molar-refractivity contribution < 1.29 is 22.4 Å². The fourth-order valence-corrected chi connectivity index (χ4v) is 3.64. The normalized spacial score (nSPS) is 15.7. The van der Waals surface area contributed by atoms with Crippen molar-refractivity contribution in [2.75, 3.05) is 6.54 Å². The number of fused-ring (bicyclic) bond motifs is 1. The highest BCUT2D eigenvalue weighted by atomic mass is 35.5. The van der Waals surface area contributed by atoms with Gasteiger partial charge in [0.15, 0.2) is 0 Å². The van der Waals surface area contributed by atoms with E-state index in [1.807, 2.05) is 0 Å². The van der Waals surface area contributed by atoms with E-state index < -0.39 is 35.7 Å². The molecule has 0 atom stereocenters. The number of aromatic nitrogens is 2. The Morgan fingerprint density at radius 2 is 1.90 bits per heavy atom. The van der Waals surface area contributed by atoms with Crippen molar-refractivity contribution in [1.82, 2.24) is 14.5 Å². The lowest BCUT2D eigenvalue weighted by Gasteiger charge is -2.28. The van der Waals surface area contributed by atoms with Gasteiger partial charge in [-0.05, 0) is 18.2 Å². The molecule has 1 aliphatic rings. The number of carbonyl (C=O) groups excluding carboxylic acids is 1. The van der Waals surface area contributed by atoms with E-state index in [1.165, 1.54) is 30.5 Å². The number of benzene rings is 1. The first kappa shape index (κ1) is 19.4. The molecule has 150 valence electrons. The number of rotatable bonds is 4. The maximum absolute atomic E-state index is 14.9. The van der Waals surface area contributed by atoms with Crippen molar-refractivity contribution in [2.45, 2.75) is 12.0 Å². The summed E-state index contributed by atoms with van der Waals surface area (Å²) in [5, 5.41) is -0.371. The monoisotopic (exact) mass is 423 g/mol. The van der Waals surface area contributed by atoms with Crippen molar-refractivity contribution in [2.24, 2.45) is 7.05 Å². The molecule has 0 unspecified atom stereocenters. The van der Waals surface area contributed by atoms with Crippen LogP contribution in [0.2, 0.25) is 5.02 Å². The van der Waals surface area contributed by atoms with Gasteiger partial charge in [-0.25, -0.2) is 0 Å². The number of hydrogen-bond acceptors (Lipinski definition) is 2. The standard InChI is InChI=1S/C20H14ClF4N3O/c1-27-7-6-12(10-27)13-8-16(21)17(26-9-13)19(22,23)11-28-18(29)14-4-2-3-5-15(14)20(28,24)25/h2-10H,11H2,1H3. The fourth-order valence-electron chi connectivity index (χ4n) is 3.33. The maximum atomic E-state index is 14.9. The Morgan fingerprint density at radius 1 is 1.17 bits per heavy atom. The highest BCUT2D eigenvalue weighted by Crippen LogP contribution is 2.45. The Kier molecular flexibility index (Phi) is 4.42. The average molecular weight is 424 g/mol. The van der Waals surface area contributed by atoms with E-state index in [2.05, 4.69) is 4.98 Å². The minimum atomic E-state index is -3.88. The summed E-state index contributed by atoms with van der Waals surface area (Å²) < 4.78 is 60.7. The summed E-state index contributed by atoms with van der Waals surface area (Å²) in [6.07, 6.45) is 4.72. The maximum Gasteiger partial charge on any atom is 0.356 e. The van der Waals surface area contributed by atoms with Gasteiger partial charge < -0.3 is 4.57 Å². The number of nitrogens with zero attached hydrogens (tertiary/aromatic N) is 3. The van der Waals surface area contributed by atoms with Crippen LogP contribution in [0.15, 0.2) is 55.0 Å². The van der Waals surface area contributed by atoms with E-state index in [9.17, 15) is 22.4 Å². The summed E-state index contributed by atoms with van der Waals surface area (Å²) in [6.45, 7) is -1.55. The number of amides is 1. The third-order valence-corrected chi connectivity index (χ3v) is 5.06. The Morgan fingerprint density at radius 3 is 2.52 bits per heavy atom. The predicted octanol–water partition coefficient (Wildman–Crippen LogP) is 5.04. The fraction of sp³-hybridized carbons (Fsp3) is 0.200. The van der Waals surface area contributed by atoms with Crippen LogP contribution >= 0.6 is 11.6 Å². The van der Waals surface area contributed by atoms with E-state index in [0.717, 1.165) is 6.07 Å². The lowest BCUT2D eigenvalue weighted by Crippen LogP contribution is -2.44. The van der Waals surface area contributed by atoms with Crippen LogP contribution in [0, 0.1) is 0 Å². The molecule has 0 spiro atoms. The van der Waals surface area contributed by atoms with Crippen LogP contribution in [0.5, 0.6) is 0 Å². The van der Waals surface area contributed by atoms with Gasteiger partial charge in [0.1, 0.15) is 5.69 Å². The minimum absolute atomic E-state index is 0.138. The van der Waals surface area contributed by atoms with Gasteiger partial charge in [-0.1, -0.05) is 29.8 Å². The molecular formula is C20H14ClF4N3O. The zero-order chi connectivity index (χ0) is 21.0. The topological polar surface area (TPSA) is 38.1 Å².